The van der Waals surface area contributed by atoms with E-state index >= 15 is 0 Å². The minimum Gasteiger partial charge on any atom is -0.469 e. The Morgan fingerprint density at radius 3 is 0.793 bits per heavy atom. The Labute approximate surface area is 496 Å². The summed E-state index contributed by atoms with van der Waals surface area (Å²) >= 11 is 0. The second-order valence-electron chi connectivity index (χ2n) is 29.0. The summed E-state index contributed by atoms with van der Waals surface area (Å²) in [4.78, 5) is 54.1. The largest absolute Gasteiger partial charge is 0.469 e. The molecule has 0 aromatic rings. The SMILES string of the molecule is C/C=C(\C)C(=O)OC.C/C=C(\C)C(=O)OC.C/C=C(\C)C(=O)OC.C/C=C(\C)C(=O)OC.CC1(C)C2CC(C3C4C=CC(C4)C32)C1(C)C.CC1(C)C2CC(C3C4C=CC(C4)C32)C1(C)C.COC(=O)C1(C)C(C)C2CC1C1C3C=CC(C3)C21. The van der Waals surface area contributed by atoms with Gasteiger partial charge in [0.15, 0.2) is 0 Å². The van der Waals surface area contributed by atoms with Crippen LogP contribution in [0.5, 0.6) is 0 Å². The van der Waals surface area contributed by atoms with Gasteiger partial charge in [0, 0.05) is 22.3 Å². The lowest BCUT2D eigenvalue weighted by atomic mass is 9.52. The molecule has 0 heterocycles. The molecule has 10 nitrogen and oxygen atoms in total. The van der Waals surface area contributed by atoms with E-state index in [2.05, 4.69) is 125 Å². The lowest BCUT2D eigenvalue weighted by molar-refractivity contribution is -0.162. The van der Waals surface area contributed by atoms with E-state index < -0.39 is 0 Å². The Morgan fingerprint density at radius 1 is 0.354 bits per heavy atom. The molecule has 0 aliphatic heterocycles. The molecule has 12 bridgehead atoms. The molecule has 10 heteroatoms. The summed E-state index contributed by atoms with van der Waals surface area (Å²) in [6, 6.07) is 0. The van der Waals surface area contributed by atoms with Crippen molar-refractivity contribution in [1.82, 2.24) is 0 Å². The van der Waals surface area contributed by atoms with Gasteiger partial charge in [0.2, 0.25) is 0 Å². The molecule has 0 amide bonds. The quantitative estimate of drug-likeness (QED) is 0.0862. The van der Waals surface area contributed by atoms with Crippen molar-refractivity contribution in [3.8, 4) is 0 Å². The molecule has 12 aliphatic rings. The Balaban J connectivity index is 0.000000159. The summed E-state index contributed by atoms with van der Waals surface area (Å²) < 4.78 is 22.7. The summed E-state index contributed by atoms with van der Waals surface area (Å²) in [5, 5.41) is 0. The van der Waals surface area contributed by atoms with Crippen LogP contribution in [0, 0.1) is 140 Å². The highest BCUT2D eigenvalue weighted by atomic mass is 16.5. The topological polar surface area (TPSA) is 132 Å². The van der Waals surface area contributed by atoms with Crippen molar-refractivity contribution in [3.63, 3.8) is 0 Å². The summed E-state index contributed by atoms with van der Waals surface area (Å²) in [7, 11) is 7.03. The van der Waals surface area contributed by atoms with Crippen molar-refractivity contribution in [2.24, 2.45) is 140 Å². The Kier molecular flexibility index (Phi) is 20.8. The number of allylic oxidation sites excluding steroid dienone is 10. The van der Waals surface area contributed by atoms with Crippen molar-refractivity contribution in [2.75, 3.05) is 35.5 Å². The van der Waals surface area contributed by atoms with Crippen LogP contribution in [0.25, 0.3) is 0 Å². The third-order valence-electron chi connectivity index (χ3n) is 25.9. The molecular formula is C72H110O10. The standard InChI is InChI=1S/C16H22O2.2C16H24.4C6H10O2/c1-8-11-7-12(16(8,2)15(17)18-3)14-10-5-4-9(6-10)13(11)14;2*1-15(2)11-8-12(16(15,3)4)14-10-6-5-9(7-10)13(11)14;4*1-4-5(2)6(7)8-3/h4-5,8-14H,6-7H2,1-3H3;2*5-6,9-14H,7-8H2,1-4H3;4*4H,1-3H3/b;;;4*5-4+. The van der Waals surface area contributed by atoms with Gasteiger partial charge in [-0.3, -0.25) is 4.79 Å². The lowest BCUT2D eigenvalue weighted by Crippen LogP contribution is -2.47. The fourth-order valence-corrected chi connectivity index (χ4v) is 19.6. The molecule has 0 aromatic heterocycles. The molecule has 0 aromatic carbocycles. The first-order valence-electron chi connectivity index (χ1n) is 31.3. The Morgan fingerprint density at radius 2 is 0.585 bits per heavy atom. The second-order valence-corrected chi connectivity index (χ2v) is 29.0. The van der Waals surface area contributed by atoms with Gasteiger partial charge in [-0.05, 0) is 235 Å². The van der Waals surface area contributed by atoms with Gasteiger partial charge in [-0.2, -0.15) is 0 Å². The van der Waals surface area contributed by atoms with Gasteiger partial charge in [-0.15, -0.1) is 0 Å². The van der Waals surface area contributed by atoms with E-state index in [0.29, 0.717) is 55.8 Å². The van der Waals surface area contributed by atoms with Crippen molar-refractivity contribution in [2.45, 2.75) is 163 Å². The molecule has 0 N–H and O–H groups in total. The van der Waals surface area contributed by atoms with Crippen molar-refractivity contribution in [1.29, 1.82) is 0 Å². The molecule has 9 saturated carbocycles. The van der Waals surface area contributed by atoms with Gasteiger partial charge in [-0.1, -0.05) is 123 Å². The predicted molar refractivity (Wildman–Crippen MR) is 328 cm³/mol. The van der Waals surface area contributed by atoms with Crippen LogP contribution in [0.15, 0.2) is 83.1 Å². The molecule has 20 unspecified atom stereocenters. The van der Waals surface area contributed by atoms with Gasteiger partial charge < -0.3 is 23.7 Å². The highest BCUT2D eigenvalue weighted by Crippen LogP contribution is 2.78. The maximum Gasteiger partial charge on any atom is 0.333 e. The first kappa shape index (κ1) is 66.7. The number of methoxy groups -OCH3 is 5. The van der Waals surface area contributed by atoms with Gasteiger partial charge in [-0.25, -0.2) is 19.2 Å². The molecule has 0 saturated heterocycles. The van der Waals surface area contributed by atoms with Crippen LogP contribution in [0.3, 0.4) is 0 Å². The molecule has 82 heavy (non-hydrogen) atoms. The van der Waals surface area contributed by atoms with Crippen LogP contribution in [0.1, 0.15) is 163 Å². The van der Waals surface area contributed by atoms with E-state index in [4.69, 9.17) is 4.74 Å². The monoisotopic (exact) mass is 1130 g/mol. The smallest absolute Gasteiger partial charge is 0.333 e. The average Bonchev–Trinajstić information content (AvgIpc) is 2.95. The molecule has 458 valence electrons. The molecule has 12 rings (SSSR count). The zero-order valence-electron chi connectivity index (χ0n) is 55.1. The fourth-order valence-electron chi connectivity index (χ4n) is 19.6. The number of fused-ring (bicyclic) bond motifs is 27. The van der Waals surface area contributed by atoms with Gasteiger partial charge >= 0.3 is 29.8 Å². The van der Waals surface area contributed by atoms with E-state index in [1.165, 1.54) is 67.0 Å². The average molecular weight is 1140 g/mol. The van der Waals surface area contributed by atoms with E-state index in [1.54, 1.807) is 86.8 Å². The fraction of sp³-hybridized carbons (Fsp3) is 0.736. The zero-order chi connectivity index (χ0) is 61.5. The van der Waals surface area contributed by atoms with E-state index in [0.717, 1.165) is 101 Å². The minimum atomic E-state index is -0.257. The third-order valence-corrected chi connectivity index (χ3v) is 25.9. The molecule has 12 aliphatic carbocycles. The molecular weight excluding hydrogens is 1020 g/mol. The number of carbonyl (C=O) groups excluding carboxylic acids is 5. The molecule has 20 atom stereocenters. The Hall–Kier alpha value is -4.47. The van der Waals surface area contributed by atoms with Crippen LogP contribution in [0.2, 0.25) is 0 Å². The molecule has 0 radical (unpaired) electrons. The number of rotatable bonds is 5. The summed E-state index contributed by atoms with van der Waals surface area (Å²) in [5.74, 6) is 16.1. The summed E-state index contributed by atoms with van der Waals surface area (Å²) in [6.07, 6.45) is 30.6. The minimum absolute atomic E-state index is 0.0349. The van der Waals surface area contributed by atoms with Gasteiger partial charge in [0.05, 0.1) is 41.0 Å². The van der Waals surface area contributed by atoms with E-state index in [1.807, 2.05) is 0 Å². The number of ether oxygens (including phenoxy) is 5. The van der Waals surface area contributed by atoms with Gasteiger partial charge in [0.25, 0.3) is 0 Å². The number of hydrogen-bond acceptors (Lipinski definition) is 10. The van der Waals surface area contributed by atoms with Crippen molar-refractivity contribution in [3.05, 3.63) is 83.1 Å². The van der Waals surface area contributed by atoms with E-state index in [-0.39, 0.29) is 35.3 Å². The summed E-state index contributed by atoms with van der Waals surface area (Å²) in [6.45, 7) is 38.9. The predicted octanol–water partition coefficient (Wildman–Crippen LogP) is 15.6. The molecule has 9 fully saturated rings. The highest BCUT2D eigenvalue weighted by Gasteiger charge is 2.72. The first-order valence-corrected chi connectivity index (χ1v) is 31.3. The lowest BCUT2D eigenvalue weighted by Gasteiger charge is -2.52. The highest BCUT2D eigenvalue weighted by molar-refractivity contribution is 5.88. The first-order chi connectivity index (χ1) is 38.3. The van der Waals surface area contributed by atoms with Crippen molar-refractivity contribution < 1.29 is 47.7 Å². The maximum atomic E-state index is 12.3. The van der Waals surface area contributed by atoms with Crippen molar-refractivity contribution >= 4 is 29.8 Å². The second kappa shape index (κ2) is 25.6. The number of hydrogen-bond donors (Lipinski definition) is 0. The Bertz CT molecular complexity index is 2320. The normalized spacial score (nSPS) is 40.1. The number of carbonyl (C=O) groups is 5. The zero-order valence-corrected chi connectivity index (χ0v) is 55.1. The van der Waals surface area contributed by atoms with Crippen LogP contribution in [-0.4, -0.2) is 65.4 Å². The van der Waals surface area contributed by atoms with Crippen LogP contribution in [0.4, 0.5) is 0 Å². The molecule has 0 spiro atoms. The maximum absolute atomic E-state index is 12.3. The number of esters is 5. The van der Waals surface area contributed by atoms with Crippen LogP contribution in [-0.2, 0) is 47.7 Å². The summed E-state index contributed by atoms with van der Waals surface area (Å²) in [5.41, 5.74) is 4.63. The van der Waals surface area contributed by atoms with Crippen LogP contribution < -0.4 is 0 Å². The van der Waals surface area contributed by atoms with Crippen LogP contribution >= 0.6 is 0 Å². The third kappa shape index (κ3) is 11.3. The van der Waals surface area contributed by atoms with E-state index in [9.17, 15) is 24.0 Å². The van der Waals surface area contributed by atoms with Gasteiger partial charge in [0.1, 0.15) is 0 Å².